The summed E-state index contributed by atoms with van der Waals surface area (Å²) in [5.41, 5.74) is 2.27. The fourth-order valence-electron chi connectivity index (χ4n) is 3.48. The zero-order valence-corrected chi connectivity index (χ0v) is 18.0. The van der Waals surface area contributed by atoms with Crippen LogP contribution in [0.2, 0.25) is 10.0 Å². The molecular weight excluding hydrogens is 438 g/mol. The predicted molar refractivity (Wildman–Crippen MR) is 120 cm³/mol. The lowest BCUT2D eigenvalue weighted by molar-refractivity contribution is 0.0402. The molecule has 1 aliphatic heterocycles. The van der Waals surface area contributed by atoms with Gasteiger partial charge in [-0.2, -0.15) is 0 Å². The van der Waals surface area contributed by atoms with Crippen molar-refractivity contribution in [2.75, 3.05) is 6.54 Å². The van der Waals surface area contributed by atoms with Crippen molar-refractivity contribution < 1.29 is 14.0 Å². The van der Waals surface area contributed by atoms with E-state index in [1.807, 2.05) is 36.4 Å². The Hall–Kier alpha value is -2.89. The molecule has 0 unspecified atom stereocenters. The summed E-state index contributed by atoms with van der Waals surface area (Å²) in [4.78, 5) is 20.3. The maximum atomic E-state index is 14.3. The summed E-state index contributed by atoms with van der Waals surface area (Å²) in [6, 6.07) is 20.6. The molecular formula is C24H19Cl2FN2O2. The number of halogens is 3. The van der Waals surface area contributed by atoms with Gasteiger partial charge in [-0.05, 0) is 29.8 Å². The maximum Gasteiger partial charge on any atom is 0.257 e. The van der Waals surface area contributed by atoms with Crippen LogP contribution in [0.3, 0.4) is 0 Å². The summed E-state index contributed by atoms with van der Waals surface area (Å²) in [6.45, 7) is 0.434. The summed E-state index contributed by atoms with van der Waals surface area (Å²) in [5.74, 6) is -1.01. The molecule has 4 rings (SSSR count). The molecule has 158 valence electrons. The van der Waals surface area contributed by atoms with Gasteiger partial charge in [0, 0.05) is 28.6 Å². The fourth-order valence-corrected chi connectivity index (χ4v) is 3.92. The standard InChI is InChI=1S/C24H19Cl2FN2O2/c25-20-10-4-1-7-16(20)14-29(24(30)19-9-3-6-12-22(19)27)15-17-13-23(28-31-17)18-8-2-5-11-21(18)26/h1-12,17H,13-15H2/t17-/m1/s1. The van der Waals surface area contributed by atoms with Crippen LogP contribution in [0.5, 0.6) is 0 Å². The van der Waals surface area contributed by atoms with E-state index in [0.717, 1.165) is 11.1 Å². The van der Waals surface area contributed by atoms with Crippen LogP contribution in [0.1, 0.15) is 27.9 Å². The van der Waals surface area contributed by atoms with E-state index in [4.69, 9.17) is 28.0 Å². The van der Waals surface area contributed by atoms with Crippen molar-refractivity contribution in [1.82, 2.24) is 4.90 Å². The summed E-state index contributed by atoms with van der Waals surface area (Å²) in [5, 5.41) is 5.29. The van der Waals surface area contributed by atoms with Gasteiger partial charge in [0.25, 0.3) is 5.91 Å². The first-order chi connectivity index (χ1) is 15.0. The van der Waals surface area contributed by atoms with E-state index in [0.29, 0.717) is 22.2 Å². The zero-order chi connectivity index (χ0) is 21.8. The molecule has 0 saturated heterocycles. The summed E-state index contributed by atoms with van der Waals surface area (Å²) in [7, 11) is 0. The molecule has 3 aromatic carbocycles. The highest BCUT2D eigenvalue weighted by atomic mass is 35.5. The quantitative estimate of drug-likeness (QED) is 0.458. The molecule has 1 amide bonds. The highest BCUT2D eigenvalue weighted by molar-refractivity contribution is 6.34. The molecule has 1 atom stereocenters. The third-order valence-corrected chi connectivity index (χ3v) is 5.75. The first-order valence-corrected chi connectivity index (χ1v) is 10.5. The highest BCUT2D eigenvalue weighted by Crippen LogP contribution is 2.25. The van der Waals surface area contributed by atoms with E-state index in [1.54, 1.807) is 24.3 Å². The van der Waals surface area contributed by atoms with Crippen LogP contribution < -0.4 is 0 Å². The molecule has 0 bridgehead atoms. The number of oxime groups is 1. The van der Waals surface area contributed by atoms with Crippen LogP contribution in [-0.4, -0.2) is 29.2 Å². The Balaban J connectivity index is 1.55. The molecule has 0 aliphatic carbocycles. The van der Waals surface area contributed by atoms with Crippen molar-refractivity contribution in [3.05, 3.63) is 105 Å². The molecule has 0 N–H and O–H groups in total. The molecule has 0 fully saturated rings. The smallest absolute Gasteiger partial charge is 0.257 e. The molecule has 0 saturated carbocycles. The second-order valence-electron chi connectivity index (χ2n) is 7.21. The number of hydrogen-bond acceptors (Lipinski definition) is 3. The van der Waals surface area contributed by atoms with Gasteiger partial charge in [0.15, 0.2) is 6.10 Å². The molecule has 31 heavy (non-hydrogen) atoms. The van der Waals surface area contributed by atoms with Crippen LogP contribution in [0.4, 0.5) is 4.39 Å². The molecule has 3 aromatic rings. The van der Waals surface area contributed by atoms with Crippen molar-refractivity contribution >= 4 is 34.8 Å². The predicted octanol–water partition coefficient (Wildman–Crippen LogP) is 5.97. The van der Waals surface area contributed by atoms with Crippen LogP contribution in [0.25, 0.3) is 0 Å². The topological polar surface area (TPSA) is 41.9 Å². The Morgan fingerprint density at radius 1 is 1.00 bits per heavy atom. The third-order valence-electron chi connectivity index (χ3n) is 5.05. The van der Waals surface area contributed by atoms with Gasteiger partial charge >= 0.3 is 0 Å². The van der Waals surface area contributed by atoms with E-state index in [1.165, 1.54) is 17.0 Å². The van der Waals surface area contributed by atoms with Crippen molar-refractivity contribution in [2.24, 2.45) is 5.16 Å². The lowest BCUT2D eigenvalue weighted by Crippen LogP contribution is -2.37. The molecule has 1 heterocycles. The van der Waals surface area contributed by atoms with Crippen LogP contribution >= 0.6 is 23.2 Å². The lowest BCUT2D eigenvalue weighted by Gasteiger charge is -2.25. The largest absolute Gasteiger partial charge is 0.390 e. The molecule has 0 spiro atoms. The van der Waals surface area contributed by atoms with E-state index < -0.39 is 11.7 Å². The Kier molecular flexibility index (Phi) is 6.54. The Bertz CT molecular complexity index is 1140. The normalized spacial score (nSPS) is 15.3. The molecule has 0 aromatic heterocycles. The van der Waals surface area contributed by atoms with Gasteiger partial charge in [-0.3, -0.25) is 4.79 Å². The average Bonchev–Trinajstić information content (AvgIpc) is 3.23. The van der Waals surface area contributed by atoms with Crippen LogP contribution in [0.15, 0.2) is 78.0 Å². The number of amides is 1. The minimum atomic E-state index is -0.572. The lowest BCUT2D eigenvalue weighted by atomic mass is 10.0. The van der Waals surface area contributed by atoms with Gasteiger partial charge in [0.1, 0.15) is 5.82 Å². The fraction of sp³-hybridized carbons (Fsp3) is 0.167. The van der Waals surface area contributed by atoms with Crippen molar-refractivity contribution in [3.8, 4) is 0 Å². The number of nitrogens with zero attached hydrogens (tertiary/aromatic N) is 2. The summed E-state index contributed by atoms with van der Waals surface area (Å²) >= 11 is 12.6. The van der Waals surface area contributed by atoms with Gasteiger partial charge in [-0.15, -0.1) is 0 Å². The van der Waals surface area contributed by atoms with Gasteiger partial charge in [-0.25, -0.2) is 4.39 Å². The third kappa shape index (κ3) is 4.89. The van der Waals surface area contributed by atoms with E-state index >= 15 is 0 Å². The summed E-state index contributed by atoms with van der Waals surface area (Å²) in [6.07, 6.45) is 0.0947. The molecule has 0 radical (unpaired) electrons. The number of carbonyl (C=O) groups excluding carboxylic acids is 1. The van der Waals surface area contributed by atoms with Gasteiger partial charge in [0.05, 0.1) is 17.8 Å². The van der Waals surface area contributed by atoms with Crippen LogP contribution in [-0.2, 0) is 11.4 Å². The highest BCUT2D eigenvalue weighted by Gasteiger charge is 2.29. The number of benzene rings is 3. The monoisotopic (exact) mass is 456 g/mol. The molecule has 7 heteroatoms. The maximum absolute atomic E-state index is 14.3. The Labute approximate surface area is 189 Å². The van der Waals surface area contributed by atoms with E-state index in [-0.39, 0.29) is 24.8 Å². The van der Waals surface area contributed by atoms with Gasteiger partial charge in [-0.1, -0.05) is 76.9 Å². The second-order valence-corrected chi connectivity index (χ2v) is 8.02. The molecule has 4 nitrogen and oxygen atoms in total. The Morgan fingerprint density at radius 3 is 2.42 bits per heavy atom. The van der Waals surface area contributed by atoms with E-state index in [9.17, 15) is 9.18 Å². The zero-order valence-electron chi connectivity index (χ0n) is 16.5. The minimum absolute atomic E-state index is 0.000189. The summed E-state index contributed by atoms with van der Waals surface area (Å²) < 4.78 is 14.3. The average molecular weight is 457 g/mol. The SMILES string of the molecule is O=C(c1ccccc1F)N(Cc1ccccc1Cl)C[C@H]1CC(c2ccccc2Cl)=NO1. The van der Waals surface area contributed by atoms with Crippen molar-refractivity contribution in [3.63, 3.8) is 0 Å². The van der Waals surface area contributed by atoms with Gasteiger partial charge < -0.3 is 9.74 Å². The Morgan fingerprint density at radius 2 is 1.68 bits per heavy atom. The first kappa shape index (κ1) is 21.3. The molecule has 1 aliphatic rings. The number of rotatable bonds is 6. The van der Waals surface area contributed by atoms with E-state index in [2.05, 4.69) is 5.16 Å². The number of hydrogen-bond donors (Lipinski definition) is 0. The first-order valence-electron chi connectivity index (χ1n) is 9.77. The van der Waals surface area contributed by atoms with Crippen molar-refractivity contribution in [2.45, 2.75) is 19.1 Å². The second kappa shape index (κ2) is 9.50. The van der Waals surface area contributed by atoms with Crippen molar-refractivity contribution in [1.29, 1.82) is 0 Å². The minimum Gasteiger partial charge on any atom is -0.390 e. The van der Waals surface area contributed by atoms with Crippen LogP contribution in [0, 0.1) is 5.82 Å². The number of carbonyl (C=O) groups is 1. The van der Waals surface area contributed by atoms with Gasteiger partial charge in [0.2, 0.25) is 0 Å².